The SMILES string of the molecule is O=C1c2cccc3c(N4CCCCC4)ccc(c23)C(=O)N1c1ccc(-c2nc3ccccc3[nH]2)cc1. The summed E-state index contributed by atoms with van der Waals surface area (Å²) in [5, 5.41) is 1.75. The van der Waals surface area contributed by atoms with Crippen molar-refractivity contribution in [2.45, 2.75) is 19.3 Å². The fraction of sp³-hybridized carbons (Fsp3) is 0.167. The fourth-order valence-electron chi connectivity index (χ4n) is 5.58. The molecular weight excluding hydrogens is 448 g/mol. The highest BCUT2D eigenvalue weighted by Crippen LogP contribution is 2.38. The standard InChI is InChI=1S/C30H24N4O2/c35-29-22-8-6-7-21-26(33-17-4-1-5-18-33)16-15-23(27(21)22)30(36)34(29)20-13-11-19(12-14-20)28-31-24-9-2-3-10-25(24)32-28/h2-3,6-16H,1,4-5,17-18H2,(H,31,32). The smallest absolute Gasteiger partial charge is 0.265 e. The maximum atomic E-state index is 13.6. The zero-order chi connectivity index (χ0) is 24.2. The van der Waals surface area contributed by atoms with E-state index in [0.717, 1.165) is 52.0 Å². The van der Waals surface area contributed by atoms with Gasteiger partial charge in [0.05, 0.1) is 16.7 Å². The summed E-state index contributed by atoms with van der Waals surface area (Å²) in [6.07, 6.45) is 3.58. The van der Waals surface area contributed by atoms with Gasteiger partial charge in [0.25, 0.3) is 11.8 Å². The van der Waals surface area contributed by atoms with Gasteiger partial charge in [-0.3, -0.25) is 9.59 Å². The number of hydrogen-bond donors (Lipinski definition) is 1. The molecule has 1 N–H and O–H groups in total. The Kier molecular flexibility index (Phi) is 4.67. The minimum Gasteiger partial charge on any atom is -0.371 e. The van der Waals surface area contributed by atoms with Crippen LogP contribution in [0.25, 0.3) is 33.2 Å². The van der Waals surface area contributed by atoms with Crippen molar-refractivity contribution in [1.29, 1.82) is 0 Å². The van der Waals surface area contributed by atoms with Crippen LogP contribution in [0.1, 0.15) is 40.0 Å². The normalized spacial score (nSPS) is 15.8. The number of piperidine rings is 1. The van der Waals surface area contributed by atoms with Gasteiger partial charge < -0.3 is 9.88 Å². The molecule has 7 rings (SSSR count). The molecule has 3 heterocycles. The number of fused-ring (bicyclic) bond motifs is 1. The summed E-state index contributed by atoms with van der Waals surface area (Å²) in [5.74, 6) is 0.176. The van der Waals surface area contributed by atoms with Gasteiger partial charge >= 0.3 is 0 Å². The zero-order valence-electron chi connectivity index (χ0n) is 19.7. The van der Waals surface area contributed by atoms with Gasteiger partial charge in [-0.1, -0.05) is 24.3 Å². The molecule has 6 nitrogen and oxygen atoms in total. The number of nitrogens with one attached hydrogen (secondary N) is 1. The number of hydrogen-bond acceptors (Lipinski definition) is 4. The molecular formula is C30H24N4O2. The molecule has 1 fully saturated rings. The maximum Gasteiger partial charge on any atom is 0.265 e. The first kappa shape index (κ1) is 20.9. The summed E-state index contributed by atoms with van der Waals surface area (Å²) in [4.78, 5) is 38.9. The van der Waals surface area contributed by atoms with E-state index in [4.69, 9.17) is 0 Å². The quantitative estimate of drug-likeness (QED) is 0.319. The Balaban J connectivity index is 1.27. The Morgan fingerprint density at radius 3 is 2.25 bits per heavy atom. The van der Waals surface area contributed by atoms with Gasteiger partial charge in [-0.2, -0.15) is 0 Å². The van der Waals surface area contributed by atoms with Crippen molar-refractivity contribution >= 4 is 45.0 Å². The molecule has 2 aliphatic rings. The van der Waals surface area contributed by atoms with E-state index < -0.39 is 0 Å². The molecule has 0 radical (unpaired) electrons. The van der Waals surface area contributed by atoms with Crippen LogP contribution in [-0.2, 0) is 0 Å². The molecule has 0 unspecified atom stereocenters. The van der Waals surface area contributed by atoms with Crippen molar-refractivity contribution in [3.63, 3.8) is 0 Å². The van der Waals surface area contributed by atoms with Gasteiger partial charge in [0.15, 0.2) is 0 Å². The lowest BCUT2D eigenvalue weighted by Gasteiger charge is -2.32. The molecule has 176 valence electrons. The molecule has 36 heavy (non-hydrogen) atoms. The number of imide groups is 1. The first-order valence-electron chi connectivity index (χ1n) is 12.4. The number of carbonyl (C=O) groups is 2. The average Bonchev–Trinajstić information content (AvgIpc) is 3.37. The summed E-state index contributed by atoms with van der Waals surface area (Å²) >= 11 is 0. The number of para-hydroxylation sites is 2. The Bertz CT molecular complexity index is 1610. The second-order valence-corrected chi connectivity index (χ2v) is 9.50. The number of anilines is 2. The van der Waals surface area contributed by atoms with Crippen LogP contribution >= 0.6 is 0 Å². The number of imidazole rings is 1. The molecule has 1 saturated heterocycles. The summed E-state index contributed by atoms with van der Waals surface area (Å²) in [7, 11) is 0. The van der Waals surface area contributed by atoms with Crippen LogP contribution in [-0.4, -0.2) is 34.9 Å². The van der Waals surface area contributed by atoms with Crippen LogP contribution in [0.2, 0.25) is 0 Å². The van der Waals surface area contributed by atoms with Gasteiger partial charge in [-0.05, 0) is 73.9 Å². The predicted octanol–water partition coefficient (Wildman–Crippen LogP) is 6.17. The third-order valence-corrected chi connectivity index (χ3v) is 7.37. The molecule has 0 bridgehead atoms. The number of H-pyrrole nitrogens is 1. The Morgan fingerprint density at radius 1 is 0.722 bits per heavy atom. The molecule has 0 aliphatic carbocycles. The zero-order valence-corrected chi connectivity index (χ0v) is 19.7. The van der Waals surface area contributed by atoms with Gasteiger partial charge in [-0.15, -0.1) is 0 Å². The van der Waals surface area contributed by atoms with Crippen LogP contribution in [0.5, 0.6) is 0 Å². The Morgan fingerprint density at radius 2 is 1.47 bits per heavy atom. The number of nitrogens with zero attached hydrogens (tertiary/aromatic N) is 3. The fourth-order valence-corrected chi connectivity index (χ4v) is 5.58. The van der Waals surface area contributed by atoms with Gasteiger partial charge in [0, 0.05) is 46.2 Å². The lowest BCUT2D eigenvalue weighted by atomic mass is 9.92. The topological polar surface area (TPSA) is 69.3 Å². The highest BCUT2D eigenvalue weighted by atomic mass is 16.2. The number of amides is 2. The Labute approximate surface area is 208 Å². The summed E-state index contributed by atoms with van der Waals surface area (Å²) in [6, 6.07) is 25.0. The first-order valence-corrected chi connectivity index (χ1v) is 12.4. The van der Waals surface area contributed by atoms with Gasteiger partial charge in [0.2, 0.25) is 0 Å². The van der Waals surface area contributed by atoms with E-state index in [2.05, 4.69) is 14.9 Å². The Hall–Kier alpha value is -4.45. The molecule has 4 aromatic carbocycles. The minimum absolute atomic E-state index is 0.287. The second-order valence-electron chi connectivity index (χ2n) is 9.50. The van der Waals surface area contributed by atoms with E-state index in [1.807, 2.05) is 78.9 Å². The van der Waals surface area contributed by atoms with E-state index in [1.54, 1.807) is 0 Å². The number of carbonyl (C=O) groups excluding carboxylic acids is 2. The summed E-state index contributed by atoms with van der Waals surface area (Å²) < 4.78 is 0. The van der Waals surface area contributed by atoms with Crippen molar-refractivity contribution in [3.05, 3.63) is 90.0 Å². The lowest BCUT2D eigenvalue weighted by molar-refractivity contribution is 0.0893. The number of aromatic amines is 1. The number of benzene rings is 4. The van der Waals surface area contributed by atoms with Crippen LogP contribution in [0, 0.1) is 0 Å². The van der Waals surface area contributed by atoms with E-state index >= 15 is 0 Å². The number of aromatic nitrogens is 2. The monoisotopic (exact) mass is 472 g/mol. The van der Waals surface area contributed by atoms with Crippen molar-refractivity contribution in [2.24, 2.45) is 0 Å². The first-order chi connectivity index (χ1) is 17.7. The highest BCUT2D eigenvalue weighted by molar-refractivity contribution is 6.36. The van der Waals surface area contributed by atoms with Crippen LogP contribution in [0.4, 0.5) is 11.4 Å². The van der Waals surface area contributed by atoms with Crippen molar-refractivity contribution in [3.8, 4) is 11.4 Å². The van der Waals surface area contributed by atoms with E-state index in [0.29, 0.717) is 16.8 Å². The van der Waals surface area contributed by atoms with Crippen LogP contribution < -0.4 is 9.80 Å². The molecule has 0 atom stereocenters. The molecule has 6 heteroatoms. The molecule has 0 saturated carbocycles. The van der Waals surface area contributed by atoms with Crippen molar-refractivity contribution < 1.29 is 9.59 Å². The molecule has 2 amide bonds. The van der Waals surface area contributed by atoms with Crippen molar-refractivity contribution in [1.82, 2.24) is 9.97 Å². The van der Waals surface area contributed by atoms with E-state index in [1.165, 1.54) is 24.2 Å². The average molecular weight is 473 g/mol. The largest absolute Gasteiger partial charge is 0.371 e. The predicted molar refractivity (Wildman–Crippen MR) is 143 cm³/mol. The molecule has 1 aromatic heterocycles. The highest BCUT2D eigenvalue weighted by Gasteiger charge is 2.35. The second kappa shape index (κ2) is 8.05. The molecule has 5 aromatic rings. The molecule has 2 aliphatic heterocycles. The molecule has 0 spiro atoms. The third kappa shape index (κ3) is 3.14. The summed E-state index contributed by atoms with van der Waals surface area (Å²) in [6.45, 7) is 2.01. The van der Waals surface area contributed by atoms with Crippen LogP contribution in [0.3, 0.4) is 0 Å². The van der Waals surface area contributed by atoms with E-state index in [-0.39, 0.29) is 11.8 Å². The van der Waals surface area contributed by atoms with Crippen molar-refractivity contribution in [2.75, 3.05) is 22.9 Å². The third-order valence-electron chi connectivity index (χ3n) is 7.37. The lowest BCUT2D eigenvalue weighted by Crippen LogP contribution is -2.40. The number of rotatable bonds is 3. The minimum atomic E-state index is -0.287. The van der Waals surface area contributed by atoms with Gasteiger partial charge in [0.1, 0.15) is 5.82 Å². The van der Waals surface area contributed by atoms with Crippen LogP contribution in [0.15, 0.2) is 78.9 Å². The maximum absolute atomic E-state index is 13.6. The van der Waals surface area contributed by atoms with E-state index in [9.17, 15) is 9.59 Å². The summed E-state index contributed by atoms with van der Waals surface area (Å²) in [5.41, 5.74) is 5.55. The van der Waals surface area contributed by atoms with Gasteiger partial charge in [-0.25, -0.2) is 9.88 Å².